The molecule has 0 saturated heterocycles. The predicted molar refractivity (Wildman–Crippen MR) is 49.9 cm³/mol. The summed E-state index contributed by atoms with van der Waals surface area (Å²) in [5.41, 5.74) is 3.06. The topological polar surface area (TPSA) is 0 Å². The fourth-order valence-electron chi connectivity index (χ4n) is 2.37. The van der Waals surface area contributed by atoms with E-state index < -0.39 is 0 Å². The summed E-state index contributed by atoms with van der Waals surface area (Å²) in [4.78, 5) is 0. The predicted octanol–water partition coefficient (Wildman–Crippen LogP) is -5.93. The van der Waals surface area contributed by atoms with Crippen LogP contribution in [0.5, 0.6) is 0 Å². The van der Waals surface area contributed by atoms with Crippen molar-refractivity contribution in [3.8, 4) is 0 Å². The Balaban J connectivity index is 0. The first-order chi connectivity index (χ1) is 5.95. The summed E-state index contributed by atoms with van der Waals surface area (Å²) in [5, 5.41) is 0. The van der Waals surface area contributed by atoms with E-state index in [4.69, 9.17) is 0 Å². The molecule has 2 aliphatic rings. The average molecular weight is 440 g/mol. The minimum absolute atomic E-state index is 0. The van der Waals surface area contributed by atoms with Crippen molar-refractivity contribution < 1.29 is 63.1 Å². The van der Waals surface area contributed by atoms with E-state index in [1.165, 1.54) is 18.4 Å². The molecule has 0 amide bonds. The number of allylic oxidation sites excluding steroid dienone is 2. The molecule has 0 nitrogen and oxygen atoms in total. The molecule has 0 radical (unpaired) electrons. The zero-order valence-electron chi connectivity index (χ0n) is 8.59. The van der Waals surface area contributed by atoms with E-state index in [2.05, 4.69) is 36.4 Å². The molecule has 0 aromatic heterocycles. The second kappa shape index (κ2) is 7.81. The van der Waals surface area contributed by atoms with Gasteiger partial charge in [-0.25, -0.2) is 0 Å². The maximum Gasteiger partial charge on any atom is 4.00 e. The monoisotopic (exact) mass is 440 g/mol. The van der Waals surface area contributed by atoms with E-state index in [-0.39, 0.29) is 63.1 Å². The van der Waals surface area contributed by atoms with Crippen LogP contribution >= 0.6 is 0 Å². The summed E-state index contributed by atoms with van der Waals surface area (Å²) in [6.45, 7) is 0. The van der Waals surface area contributed by atoms with Crippen molar-refractivity contribution in [2.24, 2.45) is 0 Å². The van der Waals surface area contributed by atoms with Crippen LogP contribution in [0.1, 0.15) is 29.9 Å². The number of hydrogen-bond acceptors (Lipinski definition) is 0. The number of rotatable bonds is 0. The summed E-state index contributed by atoms with van der Waals surface area (Å²) in [5.74, 6) is 2.34. The van der Waals surface area contributed by atoms with Gasteiger partial charge in [0.15, 0.2) is 0 Å². The van der Waals surface area contributed by atoms with E-state index >= 15 is 0 Å². The van der Waals surface area contributed by atoms with Crippen molar-refractivity contribution in [1.82, 2.24) is 0 Å². The largest absolute Gasteiger partial charge is 4.00 e. The molecule has 1 unspecified atom stereocenters. The number of halogens is 3. The van der Waals surface area contributed by atoms with E-state index in [1.54, 1.807) is 11.5 Å². The number of hydrogen-bond donors (Lipinski definition) is 0. The van der Waals surface area contributed by atoms with Gasteiger partial charge in [-0.1, -0.05) is 31.1 Å². The van der Waals surface area contributed by atoms with Crippen LogP contribution in [0.25, 0.3) is 0 Å². The first-order valence-corrected chi connectivity index (χ1v) is 4.56. The SMILES string of the molecule is C1=CC2C[C-](C1)c1ccccc12.[Cl-].[Cl-].[Cl-].[Hf+4]. The van der Waals surface area contributed by atoms with Gasteiger partial charge in [-0.3, -0.25) is 0 Å². The smallest absolute Gasteiger partial charge is 1.00 e. The van der Waals surface area contributed by atoms with Crippen molar-refractivity contribution in [3.63, 3.8) is 0 Å². The van der Waals surface area contributed by atoms with Crippen LogP contribution in [-0.4, -0.2) is 0 Å². The van der Waals surface area contributed by atoms with E-state index in [1.807, 2.05) is 0 Å². The summed E-state index contributed by atoms with van der Waals surface area (Å²) < 4.78 is 0. The third kappa shape index (κ3) is 3.07. The first kappa shape index (κ1) is 18.9. The molecule has 0 fully saturated rings. The minimum atomic E-state index is 0. The van der Waals surface area contributed by atoms with Gasteiger partial charge < -0.3 is 37.2 Å². The van der Waals surface area contributed by atoms with Crippen molar-refractivity contribution in [2.75, 3.05) is 0 Å². The molecular formula is C12H11Cl3Hf. The Hall–Kier alpha value is 0.570. The van der Waals surface area contributed by atoms with Crippen LogP contribution in [-0.2, 0) is 25.8 Å². The van der Waals surface area contributed by atoms with Gasteiger partial charge in [-0.2, -0.15) is 17.5 Å². The van der Waals surface area contributed by atoms with Gasteiger partial charge >= 0.3 is 25.8 Å². The fraction of sp³-hybridized carbons (Fsp3) is 0.250. The first-order valence-electron chi connectivity index (χ1n) is 4.56. The quantitative estimate of drug-likeness (QED) is 0.214. The average Bonchev–Trinajstić information content (AvgIpc) is 2.41. The van der Waals surface area contributed by atoms with E-state index in [9.17, 15) is 0 Å². The van der Waals surface area contributed by atoms with Crippen LogP contribution in [0.2, 0.25) is 0 Å². The van der Waals surface area contributed by atoms with Crippen LogP contribution in [0.15, 0.2) is 36.4 Å². The van der Waals surface area contributed by atoms with E-state index in [0.29, 0.717) is 5.92 Å². The van der Waals surface area contributed by atoms with E-state index in [0.717, 1.165) is 0 Å². The van der Waals surface area contributed by atoms with Gasteiger partial charge in [0.05, 0.1) is 0 Å². The third-order valence-corrected chi connectivity index (χ3v) is 2.94. The zero-order valence-corrected chi connectivity index (χ0v) is 14.5. The zero-order chi connectivity index (χ0) is 7.97. The molecule has 0 saturated carbocycles. The molecule has 2 bridgehead atoms. The molecule has 4 heteroatoms. The van der Waals surface area contributed by atoms with Crippen molar-refractivity contribution in [3.05, 3.63) is 53.5 Å². The molecule has 0 aliphatic heterocycles. The van der Waals surface area contributed by atoms with Crippen LogP contribution < -0.4 is 37.2 Å². The Morgan fingerprint density at radius 1 is 1.06 bits per heavy atom. The summed E-state index contributed by atoms with van der Waals surface area (Å²) in [6, 6.07) is 8.82. The minimum Gasteiger partial charge on any atom is -1.00 e. The molecule has 1 aromatic carbocycles. The van der Waals surface area contributed by atoms with Crippen molar-refractivity contribution >= 4 is 0 Å². The Labute approximate surface area is 134 Å². The summed E-state index contributed by atoms with van der Waals surface area (Å²) in [7, 11) is 0. The van der Waals surface area contributed by atoms with Crippen LogP contribution in [0.4, 0.5) is 0 Å². The Kier molecular flexibility index (Phi) is 9.24. The van der Waals surface area contributed by atoms with Crippen LogP contribution in [0, 0.1) is 5.92 Å². The Morgan fingerprint density at radius 3 is 2.50 bits per heavy atom. The molecule has 0 N–H and O–H groups in total. The van der Waals surface area contributed by atoms with Gasteiger partial charge in [0, 0.05) is 0 Å². The molecule has 84 valence electrons. The summed E-state index contributed by atoms with van der Waals surface area (Å²) >= 11 is 0. The third-order valence-electron chi connectivity index (χ3n) is 2.94. The second-order valence-corrected chi connectivity index (χ2v) is 3.63. The van der Waals surface area contributed by atoms with Gasteiger partial charge in [0.25, 0.3) is 0 Å². The molecule has 1 aromatic rings. The fourth-order valence-corrected chi connectivity index (χ4v) is 2.37. The summed E-state index contributed by atoms with van der Waals surface area (Å²) in [6.07, 6.45) is 7.11. The van der Waals surface area contributed by atoms with Crippen molar-refractivity contribution in [1.29, 1.82) is 0 Å². The molecule has 2 aliphatic carbocycles. The number of benzene rings is 1. The van der Waals surface area contributed by atoms with Gasteiger partial charge in [0.1, 0.15) is 0 Å². The van der Waals surface area contributed by atoms with Gasteiger partial charge in [0.2, 0.25) is 0 Å². The molecule has 0 spiro atoms. The maximum absolute atomic E-state index is 2.36. The molecule has 0 heterocycles. The standard InChI is InChI=1S/C12H11.3ClH.Hf/c1-2-7-12-10-5-3-4-9(8-10)11(12)6-1;;;;/h1-4,6-7,9H,5,8H2;3*1H;/q-1;;;;+4/p-3. The molecular weight excluding hydrogens is 429 g/mol. The van der Waals surface area contributed by atoms with Gasteiger partial charge in [-0.05, 0) is 5.92 Å². The maximum atomic E-state index is 2.36. The van der Waals surface area contributed by atoms with Crippen LogP contribution in [0.3, 0.4) is 0 Å². The van der Waals surface area contributed by atoms with Crippen molar-refractivity contribution in [2.45, 2.75) is 18.8 Å². The number of fused-ring (bicyclic) bond motifs is 5. The second-order valence-electron chi connectivity index (χ2n) is 3.63. The molecule has 1 atom stereocenters. The molecule has 16 heavy (non-hydrogen) atoms. The molecule has 3 rings (SSSR count). The Bertz CT molecular complexity index is 352. The Morgan fingerprint density at radius 2 is 1.75 bits per heavy atom. The normalized spacial score (nSPS) is 18.2. The van der Waals surface area contributed by atoms with Gasteiger partial charge in [-0.15, -0.1) is 17.7 Å².